The molecule has 0 fully saturated rings. The maximum Gasteiger partial charge on any atom is 0.245 e. The van der Waals surface area contributed by atoms with Crippen LogP contribution in [0.3, 0.4) is 0 Å². The smallest absolute Gasteiger partial charge is 0.245 e. The second-order valence-corrected chi connectivity index (χ2v) is 9.50. The lowest BCUT2D eigenvalue weighted by atomic mass is 10.0. The quantitative estimate of drug-likeness (QED) is 0.683. The fraction of sp³-hybridized carbons (Fsp3) is 0.412. The van der Waals surface area contributed by atoms with Crippen molar-refractivity contribution in [2.75, 3.05) is 19.3 Å². The van der Waals surface area contributed by atoms with E-state index >= 15 is 0 Å². The van der Waals surface area contributed by atoms with E-state index in [1.807, 2.05) is 13.8 Å². The minimum absolute atomic E-state index is 0.00611. The summed E-state index contributed by atoms with van der Waals surface area (Å²) in [5, 5.41) is 3.23. The van der Waals surface area contributed by atoms with E-state index in [1.54, 1.807) is 12.1 Å². The van der Waals surface area contributed by atoms with E-state index in [2.05, 4.69) is 5.18 Å². The number of hydrogen-bond donors (Lipinski definition) is 1. The minimum Gasteiger partial charge on any atom is -0.389 e. The number of nitroso groups, excluding NO2 is 1. The van der Waals surface area contributed by atoms with Crippen LogP contribution in [0.15, 0.2) is 40.4 Å². The molecule has 1 heterocycles. The predicted molar refractivity (Wildman–Crippen MR) is 102 cm³/mol. The van der Waals surface area contributed by atoms with Crippen LogP contribution < -0.4 is 5.73 Å². The van der Waals surface area contributed by atoms with Crippen molar-refractivity contribution in [3.63, 3.8) is 0 Å². The van der Waals surface area contributed by atoms with Crippen molar-refractivity contribution in [3.8, 4) is 0 Å². The third-order valence-electron chi connectivity index (χ3n) is 4.10. The largest absolute Gasteiger partial charge is 0.389 e. The summed E-state index contributed by atoms with van der Waals surface area (Å²) in [6.07, 6.45) is 0.442. The molecule has 1 aromatic carbocycles. The van der Waals surface area contributed by atoms with Gasteiger partial charge in [-0.2, -0.15) is 4.91 Å². The molecule has 2 rings (SSSR count). The molecule has 0 aliphatic carbocycles. The van der Waals surface area contributed by atoms with Gasteiger partial charge in [0.15, 0.2) is 0 Å². The molecular formula is C17H22FN3O3S2. The van der Waals surface area contributed by atoms with Crippen LogP contribution >= 0.6 is 11.3 Å². The first-order valence-corrected chi connectivity index (χ1v) is 10.3. The van der Waals surface area contributed by atoms with Crippen LogP contribution in [0.2, 0.25) is 0 Å². The van der Waals surface area contributed by atoms with E-state index in [0.29, 0.717) is 11.3 Å². The zero-order valence-corrected chi connectivity index (χ0v) is 16.5. The Bertz CT molecular complexity index is 864. The number of likely N-dealkylation sites (N-methyl/N-ethyl adjacent to an activating group) is 1. The average Bonchev–Trinajstić information content (AvgIpc) is 2.96. The first kappa shape index (κ1) is 20.5. The molecule has 0 saturated carbocycles. The van der Waals surface area contributed by atoms with E-state index in [0.717, 1.165) is 16.9 Å². The number of hydrogen-bond acceptors (Lipinski definition) is 6. The first-order chi connectivity index (χ1) is 12.2. The lowest BCUT2D eigenvalue weighted by Gasteiger charge is -2.17. The molecule has 1 aromatic heterocycles. The van der Waals surface area contributed by atoms with E-state index in [9.17, 15) is 17.7 Å². The van der Waals surface area contributed by atoms with Gasteiger partial charge in [0.25, 0.3) is 0 Å². The summed E-state index contributed by atoms with van der Waals surface area (Å²) in [6.45, 7) is 3.90. The molecule has 2 aromatic rings. The Morgan fingerprint density at radius 2 is 1.88 bits per heavy atom. The number of benzene rings is 1. The summed E-state index contributed by atoms with van der Waals surface area (Å²) in [7, 11) is -2.33. The fourth-order valence-electron chi connectivity index (χ4n) is 2.48. The third kappa shape index (κ3) is 4.46. The molecule has 2 N–H and O–H groups in total. The molecule has 0 radical (unpaired) electrons. The number of nitrogens with two attached hydrogens (primary N) is 1. The van der Waals surface area contributed by atoms with Gasteiger partial charge in [0.2, 0.25) is 10.0 Å². The number of thiophene rings is 1. The van der Waals surface area contributed by atoms with Crippen molar-refractivity contribution in [2.45, 2.75) is 31.2 Å². The molecule has 6 nitrogen and oxygen atoms in total. The van der Waals surface area contributed by atoms with Gasteiger partial charge in [0.05, 0.1) is 0 Å². The van der Waals surface area contributed by atoms with Crippen LogP contribution in [0.25, 0.3) is 0 Å². The van der Waals surface area contributed by atoms with Gasteiger partial charge in [0, 0.05) is 18.5 Å². The summed E-state index contributed by atoms with van der Waals surface area (Å²) in [5.41, 5.74) is 6.74. The van der Waals surface area contributed by atoms with Crippen LogP contribution in [0.1, 0.15) is 30.3 Å². The number of rotatable bonds is 8. The topological polar surface area (TPSA) is 92.8 Å². The second kappa shape index (κ2) is 8.24. The Labute approximate surface area is 156 Å². The summed E-state index contributed by atoms with van der Waals surface area (Å²) in [6, 6.07) is 6.73. The van der Waals surface area contributed by atoms with Gasteiger partial charge in [-0.05, 0) is 36.1 Å². The normalized spacial score (nSPS) is 13.3. The highest BCUT2D eigenvalue weighted by Gasteiger charge is 2.28. The van der Waals surface area contributed by atoms with Crippen molar-refractivity contribution in [1.82, 2.24) is 4.31 Å². The molecule has 1 atom stereocenters. The molecule has 0 aliphatic heterocycles. The zero-order chi connectivity index (χ0) is 19.5. The molecular weight excluding hydrogens is 377 g/mol. The van der Waals surface area contributed by atoms with Gasteiger partial charge < -0.3 is 5.73 Å². The van der Waals surface area contributed by atoms with Crippen molar-refractivity contribution < 1.29 is 12.8 Å². The molecule has 0 saturated heterocycles. The van der Waals surface area contributed by atoms with Crippen molar-refractivity contribution in [1.29, 1.82) is 0 Å². The van der Waals surface area contributed by atoms with E-state index in [1.165, 1.54) is 29.6 Å². The first-order valence-electron chi connectivity index (χ1n) is 8.09. The maximum atomic E-state index is 12.9. The number of sulfonamides is 1. The summed E-state index contributed by atoms with van der Waals surface area (Å²) in [4.78, 5) is 11.6. The highest BCUT2D eigenvalue weighted by molar-refractivity contribution is 7.89. The van der Waals surface area contributed by atoms with Crippen molar-refractivity contribution >= 4 is 26.4 Å². The van der Waals surface area contributed by atoms with Crippen LogP contribution in [0.4, 0.5) is 9.39 Å². The van der Waals surface area contributed by atoms with Gasteiger partial charge >= 0.3 is 0 Å². The lowest BCUT2D eigenvalue weighted by Crippen LogP contribution is -2.29. The highest BCUT2D eigenvalue weighted by Crippen LogP contribution is 2.38. The summed E-state index contributed by atoms with van der Waals surface area (Å²) in [5.74, 6) is -0.394. The number of anilines is 1. The average molecular weight is 400 g/mol. The Morgan fingerprint density at radius 1 is 1.27 bits per heavy atom. The van der Waals surface area contributed by atoms with Gasteiger partial charge in [-0.1, -0.05) is 31.2 Å². The van der Waals surface area contributed by atoms with Gasteiger partial charge in [-0.15, -0.1) is 11.3 Å². The highest BCUT2D eigenvalue weighted by atomic mass is 32.2. The third-order valence-corrected chi connectivity index (χ3v) is 7.16. The van der Waals surface area contributed by atoms with E-state index in [-0.39, 0.29) is 28.2 Å². The number of halogens is 1. The predicted octanol–water partition coefficient (Wildman–Crippen LogP) is 3.80. The maximum absolute atomic E-state index is 12.9. The Balaban J connectivity index is 2.19. The number of nitrogens with zero attached hydrogens (tertiary/aromatic N) is 2. The molecule has 0 aliphatic rings. The van der Waals surface area contributed by atoms with Crippen molar-refractivity contribution in [3.05, 3.63) is 51.5 Å². The van der Waals surface area contributed by atoms with E-state index < -0.39 is 16.1 Å². The fourth-order valence-corrected chi connectivity index (χ4v) is 5.22. The molecule has 26 heavy (non-hydrogen) atoms. The van der Waals surface area contributed by atoms with Crippen LogP contribution in [0, 0.1) is 16.6 Å². The molecule has 0 spiro atoms. The second-order valence-electron chi connectivity index (χ2n) is 6.37. The monoisotopic (exact) mass is 399 g/mol. The lowest BCUT2D eigenvalue weighted by molar-refractivity contribution is 0.472. The molecule has 9 heteroatoms. The standard InChI is InChI=1S/C17H22FN3O3S2/c1-11(2)16(20-22)14-10-15(17(19)25-14)26(23,24)21(3)9-8-12-4-6-13(18)7-5-12/h4-7,10-11,16H,8-9,19H2,1-3H3. The van der Waals surface area contributed by atoms with Crippen LogP contribution in [-0.4, -0.2) is 26.3 Å². The zero-order valence-electron chi connectivity index (χ0n) is 14.8. The molecule has 0 bridgehead atoms. The van der Waals surface area contributed by atoms with Gasteiger partial charge in [-0.25, -0.2) is 17.1 Å². The number of nitrogen functional groups attached to an aromatic ring is 1. The Morgan fingerprint density at radius 3 is 2.42 bits per heavy atom. The minimum atomic E-state index is -3.79. The Kier molecular flexibility index (Phi) is 6.48. The summed E-state index contributed by atoms with van der Waals surface area (Å²) >= 11 is 1.07. The van der Waals surface area contributed by atoms with Gasteiger partial charge in [0.1, 0.15) is 21.8 Å². The molecule has 0 amide bonds. The Hall–Kier alpha value is -1.84. The van der Waals surface area contributed by atoms with E-state index in [4.69, 9.17) is 5.73 Å². The summed E-state index contributed by atoms with van der Waals surface area (Å²) < 4.78 is 39.8. The van der Waals surface area contributed by atoms with Gasteiger partial charge in [-0.3, -0.25) is 0 Å². The van der Waals surface area contributed by atoms with Crippen LogP contribution in [-0.2, 0) is 16.4 Å². The SMILES string of the molecule is CC(C)C(N=O)c1cc(S(=O)(=O)N(C)CCc2ccc(F)cc2)c(N)s1. The molecule has 1 unspecified atom stereocenters. The molecule has 142 valence electrons. The van der Waals surface area contributed by atoms with Crippen LogP contribution in [0.5, 0.6) is 0 Å². The van der Waals surface area contributed by atoms with Crippen molar-refractivity contribution in [2.24, 2.45) is 11.1 Å².